The van der Waals surface area contributed by atoms with Crippen LogP contribution in [-0.4, -0.2) is 218 Å². The van der Waals surface area contributed by atoms with E-state index in [1.807, 2.05) is 49.4 Å². The smallest absolute Gasteiger partial charge is 1.00 e. The van der Waals surface area contributed by atoms with Gasteiger partial charge in [0, 0.05) is 120 Å². The number of benzene rings is 7. The molecule has 30 nitrogen and oxygen atoms in total. The number of anilines is 3. The maximum atomic E-state index is 11.1. The second kappa shape index (κ2) is 77.0. The van der Waals surface area contributed by atoms with Gasteiger partial charge >= 0.3 is 122 Å². The molecule has 0 unspecified atom stereocenters. The third kappa shape index (κ3) is 52.6. The number of carbonyl (C=O) groups excluding carboxylic acids is 3. The molecule has 0 bridgehead atoms. The van der Waals surface area contributed by atoms with E-state index in [4.69, 9.17) is 62.3 Å². The first-order chi connectivity index (χ1) is 64.0. The first kappa shape index (κ1) is 136. The molecule has 7 aliphatic heterocycles. The first-order valence-electron chi connectivity index (χ1n) is 46.1. The average molecular weight is 2200 g/mol. The van der Waals surface area contributed by atoms with Crippen LogP contribution in [0.2, 0.25) is 0 Å². The van der Waals surface area contributed by atoms with Crippen molar-refractivity contribution < 1.29 is 158 Å². The number of carbonyl (C=O) groups is 3. The van der Waals surface area contributed by atoms with Gasteiger partial charge in [0.1, 0.15) is 23.2 Å². The van der Waals surface area contributed by atoms with Crippen LogP contribution < -0.4 is 141 Å². The Labute approximate surface area is 950 Å². The minimum Gasteiger partial charge on any atom is -1.00 e. The number of nitrogens with two attached hydrogens (primary N) is 3. The number of aryl methyl sites for hydroxylation is 1. The van der Waals surface area contributed by atoms with E-state index in [0.717, 1.165) is 161 Å². The number of H-pyrrole nitrogens is 3. The van der Waals surface area contributed by atoms with Gasteiger partial charge in [-0.2, -0.15) is 10.5 Å². The Morgan fingerprint density at radius 2 is 0.936 bits per heavy atom. The molecule has 0 aliphatic carbocycles. The molecule has 7 aliphatic rings. The Kier molecular flexibility index (Phi) is 74.6. The van der Waals surface area contributed by atoms with Gasteiger partial charge in [-0.05, 0) is 311 Å². The van der Waals surface area contributed by atoms with E-state index in [2.05, 4.69) is 222 Å². The fourth-order valence-electron chi connectivity index (χ4n) is 15.4. The summed E-state index contributed by atoms with van der Waals surface area (Å²) in [4.78, 5) is 76.5. The van der Waals surface area contributed by atoms with E-state index < -0.39 is 12.0 Å². The number of rotatable bonds is 19. The maximum Gasteiger partial charge on any atom is 1.00 e. The van der Waals surface area contributed by atoms with Gasteiger partial charge in [0.2, 0.25) is 0 Å². The molecule has 0 radical (unpaired) electrons. The molecule has 6 atom stereocenters. The third-order valence-electron chi connectivity index (χ3n) is 23.1. The van der Waals surface area contributed by atoms with Crippen LogP contribution in [0.4, 0.5) is 22.7 Å². The molecule has 13 N–H and O–H groups in total. The van der Waals surface area contributed by atoms with Crippen LogP contribution in [-0.2, 0) is 52.7 Å². The number of nitrogens with one attached hydrogen (secondary N) is 5. The Morgan fingerprint density at radius 1 is 0.550 bits per heavy atom. The normalized spacial score (nSPS) is 17.1. The molecule has 10 aromatic rings. The molecule has 37 heteroatoms. The summed E-state index contributed by atoms with van der Waals surface area (Å²) in [6.07, 6.45) is 23.3. The van der Waals surface area contributed by atoms with E-state index in [9.17, 15) is 19.7 Å². The number of nitro groups is 1. The molecule has 10 heterocycles. The van der Waals surface area contributed by atoms with E-state index in [0.29, 0.717) is 64.2 Å². The Morgan fingerprint density at radius 3 is 1.27 bits per heavy atom. The summed E-state index contributed by atoms with van der Waals surface area (Å²) < 4.78 is 16.9. The van der Waals surface area contributed by atoms with Crippen LogP contribution in [0.5, 0.6) is 0 Å². The summed E-state index contributed by atoms with van der Waals surface area (Å²) in [7, 11) is -1.46. The fraction of sp³-hybridized carbons (Fsp3) is 0.495. The van der Waals surface area contributed by atoms with E-state index in [-0.39, 0.29) is 176 Å². The number of nitrogens with zero attached hydrogens (tertiary/aromatic N) is 10. The largest absolute Gasteiger partial charge is 1.00 e. The number of aromatic amines is 3. The van der Waals surface area contributed by atoms with Crippen molar-refractivity contribution in [3.8, 4) is 23.3 Å². The number of fused-ring (bicyclic) bond motifs is 3. The van der Waals surface area contributed by atoms with Crippen molar-refractivity contribution in [1.82, 2.24) is 60.1 Å². The van der Waals surface area contributed by atoms with Crippen LogP contribution in [0.25, 0.3) is 44.2 Å². The monoisotopic (exact) mass is 2200 g/mol. The number of hydrogen-bond acceptors (Lipinski definition) is 26. The van der Waals surface area contributed by atoms with Gasteiger partial charge in [0.25, 0.3) is 12.2 Å². The molecule has 0 saturated carbocycles. The topological polar surface area (TPSA) is 443 Å². The summed E-state index contributed by atoms with van der Waals surface area (Å²) in [5.41, 5.74) is 29.2. The van der Waals surface area contributed by atoms with Crippen LogP contribution >= 0.6 is 60.2 Å². The minimum atomic E-state index is -1.46. The van der Waals surface area contributed by atoms with Gasteiger partial charge < -0.3 is 98.2 Å². The Bertz CT molecular complexity index is 5090. The second-order valence-corrected chi connectivity index (χ2v) is 36.1. The maximum absolute atomic E-state index is 11.1. The molecule has 3 aromatic heterocycles. The second-order valence-electron chi connectivity index (χ2n) is 33.4. The van der Waals surface area contributed by atoms with Crippen molar-refractivity contribution in [2.75, 3.05) is 109 Å². The Balaban J connectivity index is -0.00000152. The summed E-state index contributed by atoms with van der Waals surface area (Å²) in [6, 6.07) is 51.1. The van der Waals surface area contributed by atoms with Crippen molar-refractivity contribution in [2.45, 2.75) is 244 Å². The zero-order valence-electron chi connectivity index (χ0n) is 82.0. The molecule has 762 valence electrons. The van der Waals surface area contributed by atoms with Gasteiger partial charge in [0.15, 0.2) is 0 Å². The summed E-state index contributed by atoms with van der Waals surface area (Å²) in [5.74, 6) is 2.85. The number of nitro benzene ring substituents is 1. The molecule has 0 amide bonds. The molecule has 7 fully saturated rings. The van der Waals surface area contributed by atoms with Gasteiger partial charge in [-0.3, -0.25) is 19.7 Å². The first-order valence-corrected chi connectivity index (χ1v) is 48.5. The fourth-order valence-corrected chi connectivity index (χ4v) is 16.5. The van der Waals surface area contributed by atoms with Crippen molar-refractivity contribution in [2.24, 2.45) is 0 Å². The van der Waals surface area contributed by atoms with Gasteiger partial charge in [-0.15, -0.1) is 12.4 Å². The number of esters is 2. The van der Waals surface area contributed by atoms with Gasteiger partial charge in [-0.1, -0.05) is 120 Å². The third-order valence-corrected chi connectivity index (χ3v) is 24.6. The Hall–Kier alpha value is -6.45. The molecular weight excluding hydrogens is 2050 g/mol. The zero-order valence-corrected chi connectivity index (χ0v) is 92.9. The van der Waals surface area contributed by atoms with Crippen molar-refractivity contribution in [3.63, 3.8) is 0 Å². The number of ether oxygens (including phenoxy) is 3. The van der Waals surface area contributed by atoms with Gasteiger partial charge in [-0.25, -0.2) is 19.7 Å². The van der Waals surface area contributed by atoms with E-state index in [1.54, 1.807) is 25.1 Å². The number of nitriles is 2. The van der Waals surface area contributed by atoms with Gasteiger partial charge in [0.05, 0.1) is 92.3 Å². The van der Waals surface area contributed by atoms with Crippen LogP contribution in [0.3, 0.4) is 0 Å². The molecule has 140 heavy (non-hydrogen) atoms. The molecule has 0 spiro atoms. The van der Waals surface area contributed by atoms with E-state index in [1.165, 1.54) is 170 Å². The predicted molar refractivity (Wildman–Crippen MR) is 576 cm³/mol. The number of imidazole rings is 3. The number of hydrogen-bond donors (Lipinski definition) is 10. The SMILES string of the molecule is C.C.C.C.C1CCOC1.C=CC(=O)OCC.CCOC(=O)CCN1CCC[C@H]1C.C[C@@H]1CCCN1.C[C@@H]1CCCN1.C[C@@H]1CCCN1CCc1nc2ccc(-c3ccc(C#N)cc3)cc2[nH]1.C[C@@H]1CCCN1CCc1nc2ccc(Br)cc2[nH]1.Cc1ccc2nc(CCN3CCC[C@H]3C)[nH]c2c1.Cl.N#Cc1ccc(B(O)O)cc1.Nc1ccc(Br)cc1N.Nc1ccc(Br)cc1[N+](=O)[O-].O=CO[O-].[H-].[K+].[K+]. The van der Waals surface area contributed by atoms with Crippen molar-refractivity contribution in [3.05, 3.63) is 210 Å². The standard InChI is InChI=1S/C21H22N4.C15H21N3.C14H18BrN3.C10H19NO2.C7H6BNO2.C6H5BrN2O2.C6H7BrN2.2C5H11N.C5H8O2.C4H8O.CH2O3.4CH4.ClH.2K.H/c1-15-3-2-11-25(15)12-10-21-23-19-9-8-18(13-20(19)24-21)17-6-4-16(14-22)5-7-17;1-11-5-6-13-14(10-11)17-15(16-13)7-9-18-8-3-4-12(18)2;1-10-3-2-7-18(10)8-6-14-16-12-5-4-11(15)9-13(12)17-14;1-3-13-10(12)6-8-11-7-4-5-9(11)2;9-5-6-1-3-7(4-2-6)8(10)11;7-4-1-2-5(8)6(3-4)9(10)11;7-4-1-2-5(8)6(9)3-4;2*1-5-3-2-4-6-5;1-3-5(6)7-4-2;1-2-4-5-3-1;2-1-4-3;;;;;;;;/h4-9,13,15H,2-3,10-12H2,1H3,(H,23,24);5-6,10,12H,3-4,7-9H2,1-2H3,(H,16,17);4-5,9-10H,2-3,6-8H2,1H3,(H,16,17);9H,3-8H2,1-2H3;1-4,10-11H;1-3H,8H2;1-3H,8-9H2;2*5-6H,2-4H2,1H3;3H,1,4H2,2H3;1-4H2;1,3H;4*1H4;1H;;;/q;;;;;;;;;;;;;;;;;2*+1;-1/p-1/t15-;12-;10-;9-;;;;2*5-;;;;;;;;;;;/m1111...11.........../s1. The number of likely N-dealkylation sites (tertiary alicyclic amines) is 4. The molecule has 7 saturated heterocycles. The zero-order chi connectivity index (χ0) is 97.0. The number of aromatic nitrogens is 6. The molecule has 7 aromatic carbocycles. The number of nitrogen functional groups attached to an aromatic ring is 3. The van der Waals surface area contributed by atoms with Crippen molar-refractivity contribution >= 4 is 147 Å². The summed E-state index contributed by atoms with van der Waals surface area (Å²) in [6.45, 7) is 36.8. The van der Waals surface area contributed by atoms with E-state index >= 15 is 0 Å². The molecular formula is C103H155BBr3ClK2N18O12. The molecule has 17 rings (SSSR count). The van der Waals surface area contributed by atoms with Crippen LogP contribution in [0.15, 0.2) is 166 Å². The predicted octanol–water partition coefficient (Wildman–Crippen LogP) is 13.2. The number of halogens is 4. The summed E-state index contributed by atoms with van der Waals surface area (Å²) >= 11 is 9.85. The van der Waals surface area contributed by atoms with Crippen molar-refractivity contribution in [1.29, 1.82) is 10.5 Å². The average Bonchev–Trinajstić information content (AvgIpc) is 1.67. The van der Waals surface area contributed by atoms with Crippen LogP contribution in [0.1, 0.15) is 217 Å². The quantitative estimate of drug-likeness (QED) is 0.00525. The van der Waals surface area contributed by atoms with Crippen LogP contribution in [0, 0.1) is 39.7 Å². The summed E-state index contributed by atoms with van der Waals surface area (Å²) in [5, 5.41) is 60.0. The minimum absolute atomic E-state index is 0.